The van der Waals surface area contributed by atoms with Crippen molar-refractivity contribution in [3.63, 3.8) is 0 Å². The van der Waals surface area contributed by atoms with Gasteiger partial charge in [0, 0.05) is 29.4 Å². The zero-order valence-corrected chi connectivity index (χ0v) is 9.43. The predicted molar refractivity (Wildman–Crippen MR) is 66.2 cm³/mol. The molecule has 0 saturated heterocycles. The minimum Gasteiger partial charge on any atom is -0.515 e. The third-order valence-corrected chi connectivity index (χ3v) is 2.61. The van der Waals surface area contributed by atoms with Crippen molar-refractivity contribution >= 4 is 17.0 Å². The average Bonchev–Trinajstić information content (AvgIpc) is 2.37. The Balaban J connectivity index is 2.45. The van der Waals surface area contributed by atoms with Gasteiger partial charge in [0.2, 0.25) is 0 Å². The van der Waals surface area contributed by atoms with Crippen LogP contribution in [0.2, 0.25) is 0 Å². The lowest BCUT2D eigenvalue weighted by Crippen LogP contribution is -2.12. The maximum Gasteiger partial charge on any atom is 0.189 e. The van der Waals surface area contributed by atoms with Gasteiger partial charge in [-0.25, -0.2) is 0 Å². The van der Waals surface area contributed by atoms with E-state index in [2.05, 4.69) is 5.32 Å². The molecular formula is C13H13NO3. The fraction of sp³-hybridized carbons (Fsp3) is 0.154. The van der Waals surface area contributed by atoms with Crippen LogP contribution in [0.4, 0.5) is 5.69 Å². The molecule has 0 amide bonds. The maximum atomic E-state index is 11.8. The Hall–Kier alpha value is -2.23. The number of anilines is 1. The molecule has 0 saturated carbocycles. The molecule has 2 rings (SSSR count). The Morgan fingerprint density at radius 2 is 2.35 bits per heavy atom. The zero-order chi connectivity index (χ0) is 12.3. The summed E-state index contributed by atoms with van der Waals surface area (Å²) in [5, 5.41) is 11.8. The lowest BCUT2D eigenvalue weighted by molar-refractivity contribution is -0.109. The first-order chi connectivity index (χ1) is 8.26. The van der Waals surface area contributed by atoms with Gasteiger partial charge in [0.05, 0.1) is 13.4 Å². The first kappa shape index (κ1) is 11.3. The molecule has 1 aromatic carbocycles. The van der Waals surface area contributed by atoms with Crippen molar-refractivity contribution in [3.8, 4) is 5.75 Å². The molecule has 0 fully saturated rings. The monoisotopic (exact) mass is 231 g/mol. The molecule has 0 spiro atoms. The highest BCUT2D eigenvalue weighted by Gasteiger charge is 2.17. The molecule has 88 valence electrons. The SMILES string of the molecule is COc1ccc2c(c1)C(C(=O)C=CO)=CCN2. The minimum absolute atomic E-state index is 0.219. The van der Waals surface area contributed by atoms with Gasteiger partial charge in [0.25, 0.3) is 0 Å². The van der Waals surface area contributed by atoms with Gasteiger partial charge in [-0.1, -0.05) is 6.08 Å². The lowest BCUT2D eigenvalue weighted by atomic mass is 9.96. The molecule has 1 aromatic rings. The van der Waals surface area contributed by atoms with Gasteiger partial charge < -0.3 is 15.2 Å². The molecule has 0 radical (unpaired) electrons. The van der Waals surface area contributed by atoms with E-state index in [1.54, 1.807) is 19.3 Å². The van der Waals surface area contributed by atoms with Crippen molar-refractivity contribution in [2.24, 2.45) is 0 Å². The first-order valence-corrected chi connectivity index (χ1v) is 5.24. The molecule has 0 unspecified atom stereocenters. The minimum atomic E-state index is -0.219. The van der Waals surface area contributed by atoms with Crippen LogP contribution in [0.1, 0.15) is 5.56 Å². The van der Waals surface area contributed by atoms with E-state index in [9.17, 15) is 4.79 Å². The number of rotatable bonds is 3. The quantitative estimate of drug-likeness (QED) is 0.618. The highest BCUT2D eigenvalue weighted by Crippen LogP contribution is 2.31. The Labute approximate surface area is 99.2 Å². The summed E-state index contributed by atoms with van der Waals surface area (Å²) in [6.07, 6.45) is 3.69. The number of benzene rings is 1. The Bertz CT molecular complexity index is 503. The third-order valence-electron chi connectivity index (χ3n) is 2.61. The molecule has 0 aliphatic carbocycles. The molecule has 1 aliphatic heterocycles. The first-order valence-electron chi connectivity index (χ1n) is 5.24. The van der Waals surface area contributed by atoms with Gasteiger partial charge in [-0.15, -0.1) is 0 Å². The van der Waals surface area contributed by atoms with Crippen LogP contribution in [0.5, 0.6) is 5.75 Å². The number of nitrogens with one attached hydrogen (secondary N) is 1. The molecule has 17 heavy (non-hydrogen) atoms. The molecule has 0 atom stereocenters. The molecule has 0 bridgehead atoms. The van der Waals surface area contributed by atoms with Crippen LogP contribution in [0.3, 0.4) is 0 Å². The van der Waals surface area contributed by atoms with E-state index in [1.165, 1.54) is 0 Å². The largest absolute Gasteiger partial charge is 0.515 e. The molecule has 0 aromatic heterocycles. The van der Waals surface area contributed by atoms with Gasteiger partial charge in [-0.3, -0.25) is 4.79 Å². The van der Waals surface area contributed by atoms with Gasteiger partial charge in [0.1, 0.15) is 5.75 Å². The van der Waals surface area contributed by atoms with Crippen LogP contribution in [0.25, 0.3) is 5.57 Å². The van der Waals surface area contributed by atoms with Crippen LogP contribution in [0.15, 0.2) is 36.6 Å². The fourth-order valence-corrected chi connectivity index (χ4v) is 1.79. The summed E-state index contributed by atoms with van der Waals surface area (Å²) in [7, 11) is 1.58. The van der Waals surface area contributed by atoms with Crippen molar-refractivity contribution < 1.29 is 14.6 Å². The highest BCUT2D eigenvalue weighted by atomic mass is 16.5. The van der Waals surface area contributed by atoms with E-state index in [0.717, 1.165) is 23.6 Å². The van der Waals surface area contributed by atoms with Crippen molar-refractivity contribution in [2.75, 3.05) is 19.0 Å². The van der Waals surface area contributed by atoms with Gasteiger partial charge in [-0.2, -0.15) is 0 Å². The predicted octanol–water partition coefficient (Wildman–Crippen LogP) is 2.14. The third kappa shape index (κ3) is 2.15. The van der Waals surface area contributed by atoms with E-state index in [0.29, 0.717) is 17.9 Å². The van der Waals surface area contributed by atoms with E-state index in [4.69, 9.17) is 9.84 Å². The highest BCUT2D eigenvalue weighted by molar-refractivity contribution is 6.27. The molecule has 1 heterocycles. The number of aliphatic hydroxyl groups excluding tert-OH is 1. The van der Waals surface area contributed by atoms with Crippen molar-refractivity contribution in [1.29, 1.82) is 0 Å². The number of carbonyl (C=O) groups is 1. The number of carbonyl (C=O) groups excluding carboxylic acids is 1. The Kier molecular flexibility index (Phi) is 3.14. The van der Waals surface area contributed by atoms with Crippen LogP contribution in [-0.2, 0) is 4.79 Å². The van der Waals surface area contributed by atoms with E-state index in [1.807, 2.05) is 12.1 Å². The summed E-state index contributed by atoms with van der Waals surface area (Å²) < 4.78 is 5.13. The van der Waals surface area contributed by atoms with Gasteiger partial charge in [0.15, 0.2) is 5.78 Å². The van der Waals surface area contributed by atoms with E-state index >= 15 is 0 Å². The van der Waals surface area contributed by atoms with Crippen molar-refractivity contribution in [2.45, 2.75) is 0 Å². The van der Waals surface area contributed by atoms with E-state index < -0.39 is 0 Å². The number of hydrogen-bond donors (Lipinski definition) is 2. The lowest BCUT2D eigenvalue weighted by Gasteiger charge is -2.18. The standard InChI is InChI=1S/C13H13NO3/c1-17-9-2-3-12-11(8-9)10(4-6-14-12)13(16)5-7-15/h2-5,7-8,14-15H,6H2,1H3. The van der Waals surface area contributed by atoms with Crippen LogP contribution >= 0.6 is 0 Å². The fourth-order valence-electron chi connectivity index (χ4n) is 1.79. The summed E-state index contributed by atoms with van der Waals surface area (Å²) in [4.78, 5) is 11.8. The number of ether oxygens (including phenoxy) is 1. The molecule has 1 aliphatic rings. The Morgan fingerprint density at radius 3 is 3.06 bits per heavy atom. The number of allylic oxidation sites excluding steroid dienone is 2. The Morgan fingerprint density at radius 1 is 1.53 bits per heavy atom. The second kappa shape index (κ2) is 4.74. The number of ketones is 1. The van der Waals surface area contributed by atoms with Gasteiger partial charge >= 0.3 is 0 Å². The molecule has 2 N–H and O–H groups in total. The van der Waals surface area contributed by atoms with Crippen LogP contribution < -0.4 is 10.1 Å². The maximum absolute atomic E-state index is 11.8. The van der Waals surface area contributed by atoms with Crippen molar-refractivity contribution in [1.82, 2.24) is 0 Å². The van der Waals surface area contributed by atoms with Crippen molar-refractivity contribution in [3.05, 3.63) is 42.2 Å². The second-order valence-corrected chi connectivity index (χ2v) is 3.59. The number of fused-ring (bicyclic) bond motifs is 1. The normalized spacial score (nSPS) is 13.8. The number of hydrogen-bond acceptors (Lipinski definition) is 4. The summed E-state index contributed by atoms with van der Waals surface area (Å²) >= 11 is 0. The number of methoxy groups -OCH3 is 1. The van der Waals surface area contributed by atoms with Crippen LogP contribution in [-0.4, -0.2) is 24.5 Å². The average molecular weight is 231 g/mol. The van der Waals surface area contributed by atoms with Crippen LogP contribution in [0, 0.1) is 0 Å². The summed E-state index contributed by atoms with van der Waals surface area (Å²) in [6, 6.07) is 5.51. The van der Waals surface area contributed by atoms with E-state index in [-0.39, 0.29) is 5.78 Å². The molecule has 4 heteroatoms. The smallest absolute Gasteiger partial charge is 0.189 e. The molecular weight excluding hydrogens is 218 g/mol. The molecule has 4 nitrogen and oxygen atoms in total. The second-order valence-electron chi connectivity index (χ2n) is 3.59. The topological polar surface area (TPSA) is 58.6 Å². The summed E-state index contributed by atoms with van der Waals surface area (Å²) in [5.74, 6) is 0.475. The summed E-state index contributed by atoms with van der Waals surface area (Å²) in [5.41, 5.74) is 2.25. The summed E-state index contributed by atoms with van der Waals surface area (Å²) in [6.45, 7) is 0.597. The van der Waals surface area contributed by atoms with Gasteiger partial charge in [-0.05, 0) is 18.2 Å². The zero-order valence-electron chi connectivity index (χ0n) is 9.43. The number of aliphatic hydroxyl groups is 1.